The van der Waals surface area contributed by atoms with Crippen LogP contribution in [0.4, 0.5) is 0 Å². The van der Waals surface area contributed by atoms with Crippen molar-refractivity contribution >= 4 is 22.6 Å². The Morgan fingerprint density at radius 1 is 1.23 bits per heavy atom. The summed E-state index contributed by atoms with van der Waals surface area (Å²) < 4.78 is 4.89. The monoisotopic (exact) mass is 302 g/mol. The van der Waals surface area contributed by atoms with Gasteiger partial charge >= 0.3 is 5.97 Å². The van der Waals surface area contributed by atoms with E-state index in [0.717, 1.165) is 35.7 Å². The second-order valence-electron chi connectivity index (χ2n) is 5.16. The van der Waals surface area contributed by atoms with Gasteiger partial charge in [0.15, 0.2) is 0 Å². The van der Waals surface area contributed by atoms with Crippen molar-refractivity contribution in [2.45, 2.75) is 39.0 Å². The SMILES string of the molecule is CCOC(=O)CCCCC/C(=N\O)c1c[nH]c2ccccc12. The van der Waals surface area contributed by atoms with Gasteiger partial charge in [-0.15, -0.1) is 0 Å². The van der Waals surface area contributed by atoms with Gasteiger partial charge in [0.1, 0.15) is 0 Å². The van der Waals surface area contributed by atoms with Crippen LogP contribution >= 0.6 is 0 Å². The van der Waals surface area contributed by atoms with E-state index in [-0.39, 0.29) is 5.97 Å². The minimum absolute atomic E-state index is 0.143. The minimum atomic E-state index is -0.143. The molecule has 0 aliphatic carbocycles. The van der Waals surface area contributed by atoms with Crippen molar-refractivity contribution in [2.24, 2.45) is 5.16 Å². The number of hydrogen-bond acceptors (Lipinski definition) is 4. The van der Waals surface area contributed by atoms with Gasteiger partial charge in [0, 0.05) is 29.1 Å². The molecule has 0 saturated carbocycles. The van der Waals surface area contributed by atoms with Crippen LogP contribution in [0.2, 0.25) is 0 Å². The Labute approximate surface area is 130 Å². The lowest BCUT2D eigenvalue weighted by atomic mass is 10.0. The van der Waals surface area contributed by atoms with Gasteiger partial charge in [0.25, 0.3) is 0 Å². The molecule has 1 heterocycles. The molecule has 0 fully saturated rings. The van der Waals surface area contributed by atoms with Gasteiger partial charge in [-0.2, -0.15) is 0 Å². The summed E-state index contributed by atoms with van der Waals surface area (Å²) in [6, 6.07) is 7.93. The highest BCUT2D eigenvalue weighted by atomic mass is 16.5. The van der Waals surface area contributed by atoms with Crippen molar-refractivity contribution in [3.63, 3.8) is 0 Å². The predicted octanol–water partition coefficient (Wildman–Crippen LogP) is 3.86. The second kappa shape index (κ2) is 8.22. The number of nitrogens with zero attached hydrogens (tertiary/aromatic N) is 1. The Hall–Kier alpha value is -2.30. The molecule has 5 nitrogen and oxygen atoms in total. The number of nitrogens with one attached hydrogen (secondary N) is 1. The number of carbonyl (C=O) groups is 1. The number of fused-ring (bicyclic) bond motifs is 1. The molecule has 118 valence electrons. The molecule has 0 bridgehead atoms. The summed E-state index contributed by atoms with van der Waals surface area (Å²) in [7, 11) is 0. The van der Waals surface area contributed by atoms with Crippen LogP contribution in [0.25, 0.3) is 10.9 Å². The normalized spacial score (nSPS) is 11.8. The Morgan fingerprint density at radius 2 is 2.00 bits per heavy atom. The number of benzene rings is 1. The Kier molecular flexibility index (Phi) is 6.01. The van der Waals surface area contributed by atoms with Crippen LogP contribution in [-0.4, -0.2) is 28.5 Å². The van der Waals surface area contributed by atoms with Crippen LogP contribution in [0, 0.1) is 0 Å². The zero-order chi connectivity index (χ0) is 15.8. The molecule has 0 saturated heterocycles. The third-order valence-electron chi connectivity index (χ3n) is 3.62. The number of aromatic nitrogens is 1. The predicted molar refractivity (Wildman–Crippen MR) is 86.3 cm³/mol. The third kappa shape index (κ3) is 4.10. The number of unbranched alkanes of at least 4 members (excludes halogenated alkanes) is 2. The Morgan fingerprint density at radius 3 is 2.77 bits per heavy atom. The summed E-state index contributed by atoms with van der Waals surface area (Å²) in [4.78, 5) is 14.4. The van der Waals surface area contributed by atoms with E-state index in [1.807, 2.05) is 37.4 Å². The molecule has 0 spiro atoms. The lowest BCUT2D eigenvalue weighted by Crippen LogP contribution is -2.04. The van der Waals surface area contributed by atoms with Gasteiger partial charge in [0.2, 0.25) is 0 Å². The van der Waals surface area contributed by atoms with Crippen LogP contribution < -0.4 is 0 Å². The van der Waals surface area contributed by atoms with Crippen LogP contribution in [0.3, 0.4) is 0 Å². The number of aromatic amines is 1. The first-order valence-corrected chi connectivity index (χ1v) is 7.69. The smallest absolute Gasteiger partial charge is 0.305 e. The fourth-order valence-electron chi connectivity index (χ4n) is 2.52. The molecule has 2 aromatic rings. The lowest BCUT2D eigenvalue weighted by Gasteiger charge is -2.04. The molecule has 5 heteroatoms. The van der Waals surface area contributed by atoms with Crippen molar-refractivity contribution in [2.75, 3.05) is 6.61 Å². The number of para-hydroxylation sites is 1. The highest BCUT2D eigenvalue weighted by Gasteiger charge is 2.10. The number of ether oxygens (including phenoxy) is 1. The van der Waals surface area contributed by atoms with E-state index in [1.54, 1.807) is 0 Å². The molecule has 0 atom stereocenters. The van der Waals surface area contributed by atoms with Crippen molar-refractivity contribution in [3.8, 4) is 0 Å². The van der Waals surface area contributed by atoms with E-state index >= 15 is 0 Å². The number of H-pyrrole nitrogens is 1. The molecule has 2 rings (SSSR count). The highest BCUT2D eigenvalue weighted by molar-refractivity contribution is 6.10. The first-order valence-electron chi connectivity index (χ1n) is 7.69. The highest BCUT2D eigenvalue weighted by Crippen LogP contribution is 2.20. The van der Waals surface area contributed by atoms with E-state index in [2.05, 4.69) is 10.1 Å². The Balaban J connectivity index is 1.85. The van der Waals surface area contributed by atoms with E-state index in [4.69, 9.17) is 4.74 Å². The van der Waals surface area contributed by atoms with Crippen LogP contribution in [0.5, 0.6) is 0 Å². The fraction of sp³-hybridized carbons (Fsp3) is 0.412. The van der Waals surface area contributed by atoms with E-state index in [0.29, 0.717) is 25.2 Å². The molecule has 0 amide bonds. The van der Waals surface area contributed by atoms with Crippen LogP contribution in [-0.2, 0) is 9.53 Å². The molecular weight excluding hydrogens is 280 g/mol. The molecule has 0 radical (unpaired) electrons. The standard InChI is InChI=1S/C17H22N2O3/c1-2-22-17(20)11-5-3-4-10-16(19-21)14-12-18-15-9-7-6-8-13(14)15/h6-9,12,18,21H,2-5,10-11H2,1H3/b19-16+. The van der Waals surface area contributed by atoms with Gasteiger partial charge in [-0.05, 0) is 32.3 Å². The quantitative estimate of drug-likeness (QED) is 0.256. The van der Waals surface area contributed by atoms with Gasteiger partial charge in [0.05, 0.1) is 12.3 Å². The average molecular weight is 302 g/mol. The third-order valence-corrected chi connectivity index (χ3v) is 3.62. The van der Waals surface area contributed by atoms with Crippen molar-refractivity contribution < 1.29 is 14.7 Å². The minimum Gasteiger partial charge on any atom is -0.466 e. The van der Waals surface area contributed by atoms with Crippen molar-refractivity contribution in [3.05, 3.63) is 36.0 Å². The van der Waals surface area contributed by atoms with Gasteiger partial charge in [-0.3, -0.25) is 4.79 Å². The summed E-state index contributed by atoms with van der Waals surface area (Å²) in [5, 5.41) is 13.8. The average Bonchev–Trinajstić information content (AvgIpc) is 2.95. The second-order valence-corrected chi connectivity index (χ2v) is 5.16. The molecule has 1 aromatic carbocycles. The summed E-state index contributed by atoms with van der Waals surface area (Å²) in [6.07, 6.45) is 5.58. The molecule has 2 N–H and O–H groups in total. The van der Waals surface area contributed by atoms with Crippen molar-refractivity contribution in [1.82, 2.24) is 4.98 Å². The van der Waals surface area contributed by atoms with Gasteiger partial charge < -0.3 is 14.9 Å². The molecule has 1 aromatic heterocycles. The zero-order valence-corrected chi connectivity index (χ0v) is 12.8. The summed E-state index contributed by atoms with van der Waals surface area (Å²) >= 11 is 0. The molecule has 0 aliphatic heterocycles. The lowest BCUT2D eigenvalue weighted by molar-refractivity contribution is -0.143. The molecule has 0 unspecified atom stereocenters. The maximum absolute atomic E-state index is 11.2. The zero-order valence-electron chi connectivity index (χ0n) is 12.8. The number of carbonyl (C=O) groups excluding carboxylic acids is 1. The largest absolute Gasteiger partial charge is 0.466 e. The van der Waals surface area contributed by atoms with Crippen LogP contribution in [0.15, 0.2) is 35.6 Å². The van der Waals surface area contributed by atoms with Crippen molar-refractivity contribution in [1.29, 1.82) is 0 Å². The van der Waals surface area contributed by atoms with Gasteiger partial charge in [-0.25, -0.2) is 0 Å². The summed E-state index contributed by atoms with van der Waals surface area (Å²) in [5.74, 6) is -0.143. The number of oxime groups is 1. The number of hydrogen-bond donors (Lipinski definition) is 2. The molecule has 22 heavy (non-hydrogen) atoms. The van der Waals surface area contributed by atoms with Gasteiger partial charge in [-0.1, -0.05) is 29.8 Å². The maximum Gasteiger partial charge on any atom is 0.305 e. The topological polar surface area (TPSA) is 74.7 Å². The fourth-order valence-corrected chi connectivity index (χ4v) is 2.52. The summed E-state index contributed by atoms with van der Waals surface area (Å²) in [5.41, 5.74) is 2.64. The van der Waals surface area contributed by atoms with E-state index < -0.39 is 0 Å². The number of esters is 1. The number of rotatable bonds is 8. The van der Waals surface area contributed by atoms with Crippen LogP contribution in [0.1, 0.15) is 44.6 Å². The Bertz CT molecular complexity index is 646. The maximum atomic E-state index is 11.2. The molecule has 0 aliphatic rings. The summed E-state index contributed by atoms with van der Waals surface area (Å²) in [6.45, 7) is 2.24. The van der Waals surface area contributed by atoms with E-state index in [1.165, 1.54) is 0 Å². The molecular formula is C17H22N2O3. The van der Waals surface area contributed by atoms with E-state index in [9.17, 15) is 10.0 Å². The first-order chi connectivity index (χ1) is 10.8. The first kappa shape index (κ1) is 16.1.